The number of benzene rings is 2. The van der Waals surface area contributed by atoms with Crippen molar-refractivity contribution in [2.75, 3.05) is 53.9 Å². The minimum Gasteiger partial charge on any atom is -0.373 e. The van der Waals surface area contributed by atoms with Gasteiger partial charge in [0.1, 0.15) is 0 Å². The Kier molecular flexibility index (Phi) is 7.22. The monoisotopic (exact) mass is 421 g/mol. The second-order valence-electron chi connectivity index (χ2n) is 8.66. The minimum absolute atomic E-state index is 0.231. The molecule has 6 nitrogen and oxygen atoms in total. The summed E-state index contributed by atoms with van der Waals surface area (Å²) in [7, 11) is 6.13. The van der Waals surface area contributed by atoms with Crippen LogP contribution < -0.4 is 5.32 Å². The summed E-state index contributed by atoms with van der Waals surface area (Å²) in [6.07, 6.45) is 0.231. The zero-order valence-electron chi connectivity index (χ0n) is 18.9. The van der Waals surface area contributed by atoms with Crippen LogP contribution in [-0.2, 0) is 11.3 Å². The molecule has 2 aliphatic heterocycles. The number of morpholine rings is 1. The Morgan fingerprint density at radius 3 is 2.48 bits per heavy atom. The number of guanidine groups is 1. The normalized spacial score (nSPS) is 23.1. The van der Waals surface area contributed by atoms with Crippen molar-refractivity contribution in [3.63, 3.8) is 0 Å². The molecule has 0 bridgehead atoms. The lowest BCUT2D eigenvalue weighted by atomic mass is 10.1. The summed E-state index contributed by atoms with van der Waals surface area (Å²) in [6, 6.07) is 22.1. The molecule has 2 aromatic rings. The van der Waals surface area contributed by atoms with Crippen molar-refractivity contribution in [1.29, 1.82) is 0 Å². The van der Waals surface area contributed by atoms with Gasteiger partial charge in [0, 0.05) is 39.8 Å². The van der Waals surface area contributed by atoms with Crippen molar-refractivity contribution in [2.45, 2.75) is 24.7 Å². The van der Waals surface area contributed by atoms with Crippen LogP contribution in [0.5, 0.6) is 0 Å². The Labute approximate surface area is 186 Å². The second-order valence-corrected chi connectivity index (χ2v) is 8.66. The number of hydrogen-bond acceptors (Lipinski definition) is 4. The summed E-state index contributed by atoms with van der Waals surface area (Å²) in [6.45, 7) is 5.38. The molecule has 1 N–H and O–H groups in total. The highest BCUT2D eigenvalue weighted by Crippen LogP contribution is 2.25. The molecular formula is C25H35N5O. The molecule has 0 radical (unpaired) electrons. The van der Waals surface area contributed by atoms with E-state index in [0.717, 1.165) is 45.3 Å². The fourth-order valence-corrected chi connectivity index (χ4v) is 4.74. The van der Waals surface area contributed by atoms with E-state index >= 15 is 0 Å². The van der Waals surface area contributed by atoms with Gasteiger partial charge in [-0.1, -0.05) is 60.7 Å². The summed E-state index contributed by atoms with van der Waals surface area (Å²) in [5.74, 6) is 0.959. The van der Waals surface area contributed by atoms with E-state index in [1.54, 1.807) is 0 Å². The van der Waals surface area contributed by atoms with Crippen LogP contribution in [0, 0.1) is 0 Å². The third-order valence-corrected chi connectivity index (χ3v) is 6.42. The number of fused-ring (bicyclic) bond motifs is 1. The van der Waals surface area contributed by atoms with Crippen molar-refractivity contribution >= 4 is 5.96 Å². The Morgan fingerprint density at radius 2 is 1.81 bits per heavy atom. The van der Waals surface area contributed by atoms with Gasteiger partial charge in [-0.2, -0.15) is 0 Å². The van der Waals surface area contributed by atoms with E-state index in [2.05, 4.69) is 99.8 Å². The van der Waals surface area contributed by atoms with Crippen LogP contribution in [0.25, 0.3) is 0 Å². The van der Waals surface area contributed by atoms with Gasteiger partial charge in [0.2, 0.25) is 0 Å². The van der Waals surface area contributed by atoms with Crippen molar-refractivity contribution < 1.29 is 4.74 Å². The fourth-order valence-electron chi connectivity index (χ4n) is 4.74. The van der Waals surface area contributed by atoms with Crippen LogP contribution in [0.15, 0.2) is 65.7 Å². The zero-order valence-corrected chi connectivity index (χ0v) is 18.9. The Hall–Kier alpha value is -2.41. The number of ether oxygens (including phenoxy) is 1. The van der Waals surface area contributed by atoms with E-state index in [4.69, 9.17) is 4.74 Å². The first-order valence-corrected chi connectivity index (χ1v) is 11.2. The Bertz CT molecular complexity index is 842. The van der Waals surface area contributed by atoms with Crippen LogP contribution in [0.4, 0.5) is 0 Å². The molecule has 0 aliphatic carbocycles. The molecule has 166 valence electrons. The van der Waals surface area contributed by atoms with Crippen molar-refractivity contribution in [3.8, 4) is 0 Å². The summed E-state index contributed by atoms with van der Waals surface area (Å²) in [4.78, 5) is 11.8. The first-order valence-electron chi connectivity index (χ1n) is 11.2. The predicted octanol–water partition coefficient (Wildman–Crippen LogP) is 2.45. The Balaban J connectivity index is 1.39. The maximum atomic E-state index is 6.15. The smallest absolute Gasteiger partial charge is 0.193 e. The van der Waals surface area contributed by atoms with Crippen molar-refractivity contribution in [3.05, 3.63) is 71.8 Å². The number of nitrogens with one attached hydrogen (secondary N) is 1. The fraction of sp³-hybridized carbons (Fsp3) is 0.480. The van der Waals surface area contributed by atoms with Crippen LogP contribution in [0.3, 0.4) is 0 Å². The number of rotatable bonds is 6. The largest absolute Gasteiger partial charge is 0.373 e. The van der Waals surface area contributed by atoms with Gasteiger partial charge in [-0.15, -0.1) is 0 Å². The van der Waals surface area contributed by atoms with E-state index in [0.29, 0.717) is 6.04 Å². The molecular weight excluding hydrogens is 386 g/mol. The van der Waals surface area contributed by atoms with Crippen molar-refractivity contribution in [1.82, 2.24) is 20.0 Å². The molecule has 0 spiro atoms. The third kappa shape index (κ3) is 5.26. The zero-order chi connectivity index (χ0) is 21.6. The van der Waals surface area contributed by atoms with Crippen LogP contribution in [-0.4, -0.2) is 86.7 Å². The van der Waals surface area contributed by atoms with E-state index in [-0.39, 0.29) is 12.1 Å². The molecule has 3 atom stereocenters. The van der Waals surface area contributed by atoms with Crippen LogP contribution in [0.1, 0.15) is 17.2 Å². The summed E-state index contributed by atoms with van der Waals surface area (Å²) in [5.41, 5.74) is 2.67. The molecule has 4 rings (SSSR count). The first-order chi connectivity index (χ1) is 15.2. The number of nitrogens with zero attached hydrogens (tertiary/aromatic N) is 4. The number of likely N-dealkylation sites (tertiary alicyclic amines) is 1. The summed E-state index contributed by atoms with van der Waals surface area (Å²) in [5, 5.41) is 3.63. The molecule has 2 aromatic carbocycles. The lowest BCUT2D eigenvalue weighted by Gasteiger charge is -2.36. The minimum atomic E-state index is 0.231. The maximum absolute atomic E-state index is 6.15. The van der Waals surface area contributed by atoms with E-state index in [1.165, 1.54) is 11.1 Å². The van der Waals surface area contributed by atoms with Gasteiger partial charge < -0.3 is 19.9 Å². The molecule has 31 heavy (non-hydrogen) atoms. The molecule has 0 saturated carbocycles. The molecule has 0 aromatic heterocycles. The SMILES string of the molecule is CN=C(NCC(c1ccccc1)N(C)C)N1CC2OCCN(Cc3ccccc3)C2C1. The molecule has 2 fully saturated rings. The average Bonchev–Trinajstić information content (AvgIpc) is 3.23. The molecule has 2 saturated heterocycles. The quantitative estimate of drug-likeness (QED) is 0.573. The highest BCUT2D eigenvalue weighted by Gasteiger charge is 2.41. The number of hydrogen-bond donors (Lipinski definition) is 1. The van der Waals surface area contributed by atoms with Gasteiger partial charge in [0.05, 0.1) is 24.8 Å². The molecule has 2 heterocycles. The Morgan fingerprint density at radius 1 is 1.10 bits per heavy atom. The topological polar surface area (TPSA) is 43.3 Å². The van der Waals surface area contributed by atoms with Gasteiger partial charge in [0.15, 0.2) is 5.96 Å². The predicted molar refractivity (Wildman–Crippen MR) is 126 cm³/mol. The van der Waals surface area contributed by atoms with Gasteiger partial charge in [-0.25, -0.2) is 0 Å². The van der Waals surface area contributed by atoms with Gasteiger partial charge in [-0.3, -0.25) is 9.89 Å². The lowest BCUT2D eigenvalue weighted by Crippen LogP contribution is -2.50. The van der Waals surface area contributed by atoms with Gasteiger partial charge >= 0.3 is 0 Å². The average molecular weight is 422 g/mol. The van der Waals surface area contributed by atoms with Crippen LogP contribution >= 0.6 is 0 Å². The summed E-state index contributed by atoms with van der Waals surface area (Å²) < 4.78 is 6.15. The van der Waals surface area contributed by atoms with Gasteiger partial charge in [-0.05, 0) is 25.2 Å². The molecule has 3 unspecified atom stereocenters. The maximum Gasteiger partial charge on any atom is 0.193 e. The first kappa shape index (κ1) is 21.8. The highest BCUT2D eigenvalue weighted by atomic mass is 16.5. The summed E-state index contributed by atoms with van der Waals surface area (Å²) >= 11 is 0. The van der Waals surface area contributed by atoms with Crippen molar-refractivity contribution in [2.24, 2.45) is 4.99 Å². The van der Waals surface area contributed by atoms with E-state index in [9.17, 15) is 0 Å². The van der Waals surface area contributed by atoms with E-state index < -0.39 is 0 Å². The standard InChI is InChI=1S/C25H35N5O/c1-26-25(27-16-22(28(2)3)21-12-8-5-9-13-21)30-18-23-24(19-30)31-15-14-29(23)17-20-10-6-4-7-11-20/h4-13,22-24H,14-19H2,1-3H3,(H,26,27). The second kappa shape index (κ2) is 10.3. The molecule has 2 aliphatic rings. The number of likely N-dealkylation sites (N-methyl/N-ethyl adjacent to an activating group) is 1. The van der Waals surface area contributed by atoms with E-state index in [1.807, 2.05) is 7.05 Å². The lowest BCUT2D eigenvalue weighted by molar-refractivity contribution is -0.0502. The highest BCUT2D eigenvalue weighted by molar-refractivity contribution is 5.80. The number of aliphatic imine (C=N–C) groups is 1. The molecule has 0 amide bonds. The van der Waals surface area contributed by atoms with Crippen LogP contribution in [0.2, 0.25) is 0 Å². The van der Waals surface area contributed by atoms with Gasteiger partial charge in [0.25, 0.3) is 0 Å². The third-order valence-electron chi connectivity index (χ3n) is 6.42. The molecule has 6 heteroatoms.